The van der Waals surface area contributed by atoms with Gasteiger partial charge in [0.25, 0.3) is 0 Å². The molecule has 0 radical (unpaired) electrons. The zero-order valence-electron chi connectivity index (χ0n) is 13.3. The molecule has 0 spiro atoms. The van der Waals surface area contributed by atoms with Crippen LogP contribution in [0.15, 0.2) is 54.9 Å². The van der Waals surface area contributed by atoms with E-state index in [1.807, 2.05) is 65.0 Å². The fourth-order valence-corrected chi connectivity index (χ4v) is 2.63. The highest BCUT2D eigenvalue weighted by Gasteiger charge is 2.16. The summed E-state index contributed by atoms with van der Waals surface area (Å²) in [5.74, 6) is 1.50. The van der Waals surface area contributed by atoms with Gasteiger partial charge in [0.1, 0.15) is 30.8 Å². The van der Waals surface area contributed by atoms with Gasteiger partial charge in [0.05, 0.1) is 14.2 Å². The molecule has 0 unspecified atom stereocenters. The lowest BCUT2D eigenvalue weighted by Crippen LogP contribution is -2.27. The molecule has 1 aromatic heterocycles. The van der Waals surface area contributed by atoms with Crippen LogP contribution in [0.3, 0.4) is 0 Å². The summed E-state index contributed by atoms with van der Waals surface area (Å²) in [7, 11) is 3.63. The Balaban J connectivity index is 1.63. The number of imidazole rings is 1. The number of aliphatic hydroxyl groups excluding tert-OH is 1. The first-order valence-corrected chi connectivity index (χ1v) is 7.56. The molecule has 0 saturated heterocycles. The molecule has 0 bridgehead atoms. The van der Waals surface area contributed by atoms with Gasteiger partial charge in [-0.25, -0.2) is 9.13 Å². The van der Waals surface area contributed by atoms with Crippen molar-refractivity contribution >= 4 is 11.0 Å². The molecule has 0 amide bonds. The van der Waals surface area contributed by atoms with E-state index in [0.29, 0.717) is 12.3 Å². The molecular weight excluding hydrogens is 292 g/mol. The van der Waals surface area contributed by atoms with E-state index in [4.69, 9.17) is 9.47 Å². The predicted octanol–water partition coefficient (Wildman–Crippen LogP) is 1.91. The molecule has 2 aromatic carbocycles. The van der Waals surface area contributed by atoms with E-state index >= 15 is 0 Å². The zero-order chi connectivity index (χ0) is 16.2. The molecule has 3 rings (SSSR count). The Kier molecular flexibility index (Phi) is 4.48. The van der Waals surface area contributed by atoms with Gasteiger partial charge in [0.2, 0.25) is 6.33 Å². The fraction of sp³-hybridized carbons (Fsp3) is 0.278. The summed E-state index contributed by atoms with van der Waals surface area (Å²) in [5.41, 5.74) is 2.23. The van der Waals surface area contributed by atoms with Crippen molar-refractivity contribution in [2.45, 2.75) is 12.6 Å². The number of nitrogens with zero attached hydrogens (tertiary/aromatic N) is 2. The van der Waals surface area contributed by atoms with Crippen LogP contribution in [-0.4, -0.2) is 29.5 Å². The fourth-order valence-electron chi connectivity index (χ4n) is 2.63. The molecule has 0 fully saturated rings. The Bertz CT molecular complexity index is 781. The first-order valence-electron chi connectivity index (χ1n) is 7.56. The minimum absolute atomic E-state index is 0.239. The van der Waals surface area contributed by atoms with Crippen molar-refractivity contribution in [1.82, 2.24) is 4.57 Å². The van der Waals surface area contributed by atoms with Gasteiger partial charge in [-0.15, -0.1) is 0 Å². The minimum Gasteiger partial charge on any atom is -0.497 e. The van der Waals surface area contributed by atoms with E-state index in [0.717, 1.165) is 16.8 Å². The van der Waals surface area contributed by atoms with Gasteiger partial charge in [-0.2, -0.15) is 0 Å². The number of hydrogen-bond donors (Lipinski definition) is 1. The second-order valence-corrected chi connectivity index (χ2v) is 5.51. The molecule has 3 aromatic rings. The highest BCUT2D eigenvalue weighted by atomic mass is 16.5. The van der Waals surface area contributed by atoms with Gasteiger partial charge >= 0.3 is 0 Å². The standard InChI is InChI=1S/C18H21N2O3/c1-19-13-20(18-6-4-3-5-17(18)19)11-14(21)12-23-16-9-7-15(22-2)8-10-16/h3-10,13-14,21H,11-12H2,1-2H3/q+1/t14-/m0/s1. The van der Waals surface area contributed by atoms with Crippen molar-refractivity contribution in [3.63, 3.8) is 0 Å². The smallest absolute Gasteiger partial charge is 0.244 e. The lowest BCUT2D eigenvalue weighted by molar-refractivity contribution is -0.645. The number of methoxy groups -OCH3 is 1. The summed E-state index contributed by atoms with van der Waals surface area (Å²) >= 11 is 0. The van der Waals surface area contributed by atoms with Crippen molar-refractivity contribution in [2.75, 3.05) is 13.7 Å². The Morgan fingerprint density at radius 3 is 2.52 bits per heavy atom. The van der Waals surface area contributed by atoms with Crippen molar-refractivity contribution < 1.29 is 19.1 Å². The second kappa shape index (κ2) is 6.71. The lowest BCUT2D eigenvalue weighted by Gasteiger charge is -2.11. The van der Waals surface area contributed by atoms with Crippen LogP contribution in [0.4, 0.5) is 0 Å². The molecule has 5 nitrogen and oxygen atoms in total. The molecule has 23 heavy (non-hydrogen) atoms. The number of aryl methyl sites for hydroxylation is 1. The molecule has 1 heterocycles. The summed E-state index contributed by atoms with van der Waals surface area (Å²) in [6, 6.07) is 15.4. The maximum atomic E-state index is 10.3. The number of rotatable bonds is 6. The monoisotopic (exact) mass is 313 g/mol. The average molecular weight is 313 g/mol. The Morgan fingerprint density at radius 2 is 1.78 bits per heavy atom. The zero-order valence-corrected chi connectivity index (χ0v) is 13.3. The van der Waals surface area contributed by atoms with E-state index in [2.05, 4.69) is 6.07 Å². The van der Waals surface area contributed by atoms with Crippen LogP contribution in [0, 0.1) is 0 Å². The van der Waals surface area contributed by atoms with Gasteiger partial charge in [0.15, 0.2) is 11.0 Å². The van der Waals surface area contributed by atoms with E-state index in [-0.39, 0.29) is 6.61 Å². The van der Waals surface area contributed by atoms with E-state index in [9.17, 15) is 5.11 Å². The van der Waals surface area contributed by atoms with Crippen LogP contribution >= 0.6 is 0 Å². The third kappa shape index (κ3) is 3.46. The van der Waals surface area contributed by atoms with Gasteiger partial charge in [-0.05, 0) is 36.4 Å². The van der Waals surface area contributed by atoms with Crippen LogP contribution in [0.25, 0.3) is 11.0 Å². The van der Waals surface area contributed by atoms with Crippen molar-refractivity contribution in [1.29, 1.82) is 0 Å². The molecular formula is C18H21N2O3+. The molecule has 0 aliphatic rings. The topological polar surface area (TPSA) is 47.5 Å². The first kappa shape index (κ1) is 15.4. The first-order chi connectivity index (χ1) is 11.2. The van der Waals surface area contributed by atoms with Crippen LogP contribution in [0.1, 0.15) is 0 Å². The average Bonchev–Trinajstić information content (AvgIpc) is 2.90. The van der Waals surface area contributed by atoms with E-state index < -0.39 is 6.10 Å². The normalized spacial score (nSPS) is 12.3. The largest absolute Gasteiger partial charge is 0.497 e. The quantitative estimate of drug-likeness (QED) is 0.707. The SMILES string of the molecule is COc1ccc(OC[C@@H](O)Cn2c[n+](C)c3ccccc32)cc1. The molecule has 120 valence electrons. The third-order valence-electron chi connectivity index (χ3n) is 3.79. The number of hydrogen-bond acceptors (Lipinski definition) is 3. The Labute approximate surface area is 135 Å². The number of aromatic nitrogens is 2. The highest BCUT2D eigenvalue weighted by Crippen LogP contribution is 2.17. The Hall–Kier alpha value is -2.53. The summed E-state index contributed by atoms with van der Waals surface area (Å²) in [4.78, 5) is 0. The number of ether oxygens (including phenoxy) is 2. The third-order valence-corrected chi connectivity index (χ3v) is 3.79. The van der Waals surface area contributed by atoms with Crippen molar-refractivity contribution in [3.8, 4) is 11.5 Å². The summed E-state index contributed by atoms with van der Waals surface area (Å²) in [6.45, 7) is 0.722. The highest BCUT2D eigenvalue weighted by molar-refractivity contribution is 5.71. The van der Waals surface area contributed by atoms with E-state index in [1.165, 1.54) is 0 Å². The molecule has 1 N–H and O–H groups in total. The molecule has 5 heteroatoms. The van der Waals surface area contributed by atoms with Crippen LogP contribution in [0.2, 0.25) is 0 Å². The predicted molar refractivity (Wildman–Crippen MR) is 87.6 cm³/mol. The summed E-state index contributed by atoms with van der Waals surface area (Å²) in [6.07, 6.45) is 1.40. The van der Waals surface area contributed by atoms with Gasteiger partial charge in [-0.3, -0.25) is 0 Å². The van der Waals surface area contributed by atoms with Gasteiger partial charge < -0.3 is 14.6 Å². The summed E-state index contributed by atoms with van der Waals surface area (Å²) in [5, 5.41) is 10.3. The maximum absolute atomic E-state index is 10.3. The molecule has 0 aliphatic carbocycles. The Morgan fingerprint density at radius 1 is 1.09 bits per heavy atom. The van der Waals surface area contributed by atoms with Crippen LogP contribution in [-0.2, 0) is 13.6 Å². The number of benzene rings is 2. The number of aliphatic hydroxyl groups is 1. The number of fused-ring (bicyclic) bond motifs is 1. The molecule has 0 saturated carbocycles. The summed E-state index contributed by atoms with van der Waals surface area (Å²) < 4.78 is 14.8. The molecule has 1 atom stereocenters. The maximum Gasteiger partial charge on any atom is 0.244 e. The van der Waals surface area contributed by atoms with Crippen LogP contribution < -0.4 is 14.0 Å². The van der Waals surface area contributed by atoms with Crippen LogP contribution in [0.5, 0.6) is 11.5 Å². The van der Waals surface area contributed by atoms with Gasteiger partial charge in [0, 0.05) is 0 Å². The molecule has 0 aliphatic heterocycles. The van der Waals surface area contributed by atoms with Crippen molar-refractivity contribution in [2.24, 2.45) is 7.05 Å². The number of para-hydroxylation sites is 2. The van der Waals surface area contributed by atoms with Crippen molar-refractivity contribution in [3.05, 3.63) is 54.9 Å². The van der Waals surface area contributed by atoms with E-state index in [1.54, 1.807) is 7.11 Å². The second-order valence-electron chi connectivity index (χ2n) is 5.51. The lowest BCUT2D eigenvalue weighted by atomic mass is 10.3. The van der Waals surface area contributed by atoms with Gasteiger partial charge in [-0.1, -0.05) is 12.1 Å². The minimum atomic E-state index is -0.590.